The van der Waals surface area contributed by atoms with Gasteiger partial charge in [0.05, 0.1) is 6.54 Å². The Bertz CT molecular complexity index is 1090. The lowest BCUT2D eigenvalue weighted by molar-refractivity contribution is -0.143. The molecular weight excluding hydrogens is 484 g/mol. The van der Waals surface area contributed by atoms with E-state index in [1.54, 1.807) is 30.3 Å². The molecular formula is C25H30N4O8. The predicted molar refractivity (Wildman–Crippen MR) is 131 cm³/mol. The van der Waals surface area contributed by atoms with E-state index in [-0.39, 0.29) is 31.6 Å². The van der Waals surface area contributed by atoms with E-state index >= 15 is 0 Å². The van der Waals surface area contributed by atoms with Gasteiger partial charge < -0.3 is 37.0 Å². The molecule has 3 atom stereocenters. The molecule has 0 aliphatic rings. The van der Waals surface area contributed by atoms with Crippen molar-refractivity contribution in [3.05, 3.63) is 65.7 Å². The van der Waals surface area contributed by atoms with Gasteiger partial charge in [0, 0.05) is 19.3 Å². The molecule has 3 unspecified atom stereocenters. The molecule has 0 aliphatic carbocycles. The largest absolute Gasteiger partial charge is 0.508 e. The molecule has 0 spiro atoms. The second kappa shape index (κ2) is 14.2. The van der Waals surface area contributed by atoms with Crippen LogP contribution in [0, 0.1) is 0 Å². The number of carboxylic acids is 2. The molecule has 12 heteroatoms. The quantitative estimate of drug-likeness (QED) is 0.174. The number of hydrogen-bond acceptors (Lipinski definition) is 7. The Hall–Kier alpha value is -4.45. The van der Waals surface area contributed by atoms with Crippen LogP contribution in [0.2, 0.25) is 0 Å². The van der Waals surface area contributed by atoms with Crippen LogP contribution in [-0.2, 0) is 36.8 Å². The summed E-state index contributed by atoms with van der Waals surface area (Å²) in [6, 6.07) is 10.6. The molecule has 12 nitrogen and oxygen atoms in total. The SMILES string of the molecule is NCC(=O)NC(Cc1ccccc1)C(=O)NC(CCC(=O)O)C(=O)NC(Cc1ccc(O)cc1)C(=O)O. The van der Waals surface area contributed by atoms with Gasteiger partial charge in [-0.25, -0.2) is 4.79 Å². The van der Waals surface area contributed by atoms with E-state index < -0.39 is 54.2 Å². The van der Waals surface area contributed by atoms with Crippen molar-refractivity contribution < 1.29 is 39.3 Å². The number of rotatable bonds is 14. The van der Waals surface area contributed by atoms with E-state index in [4.69, 9.17) is 10.8 Å². The Morgan fingerprint density at radius 1 is 0.730 bits per heavy atom. The van der Waals surface area contributed by atoms with Gasteiger partial charge in [-0.05, 0) is 29.7 Å². The summed E-state index contributed by atoms with van der Waals surface area (Å²) in [5.74, 6) is -4.85. The molecule has 0 saturated carbocycles. The maximum absolute atomic E-state index is 13.1. The summed E-state index contributed by atoms with van der Waals surface area (Å²) in [7, 11) is 0. The summed E-state index contributed by atoms with van der Waals surface area (Å²) in [4.78, 5) is 60.9. The minimum atomic E-state index is -1.39. The molecule has 0 radical (unpaired) electrons. The van der Waals surface area contributed by atoms with Crippen LogP contribution in [0.25, 0.3) is 0 Å². The molecule has 8 N–H and O–H groups in total. The van der Waals surface area contributed by atoms with Crippen LogP contribution in [0.5, 0.6) is 5.75 Å². The molecule has 198 valence electrons. The van der Waals surface area contributed by atoms with E-state index in [9.17, 15) is 34.2 Å². The number of aliphatic carboxylic acids is 2. The molecule has 2 aromatic rings. The Morgan fingerprint density at radius 3 is 1.84 bits per heavy atom. The van der Waals surface area contributed by atoms with E-state index in [1.807, 2.05) is 0 Å². The highest BCUT2D eigenvalue weighted by molar-refractivity contribution is 5.94. The number of carboxylic acid groups (broad SMARTS) is 2. The fourth-order valence-electron chi connectivity index (χ4n) is 3.46. The number of aromatic hydroxyl groups is 1. The Labute approximate surface area is 212 Å². The number of phenols is 1. The van der Waals surface area contributed by atoms with Crippen LogP contribution >= 0.6 is 0 Å². The molecule has 3 amide bonds. The number of carbonyl (C=O) groups is 5. The van der Waals surface area contributed by atoms with Gasteiger partial charge in [0.15, 0.2) is 0 Å². The molecule has 0 bridgehead atoms. The maximum Gasteiger partial charge on any atom is 0.326 e. The third-order valence-corrected chi connectivity index (χ3v) is 5.39. The van der Waals surface area contributed by atoms with Crippen LogP contribution in [0.1, 0.15) is 24.0 Å². The van der Waals surface area contributed by atoms with Crippen molar-refractivity contribution in [3.8, 4) is 5.75 Å². The fourth-order valence-corrected chi connectivity index (χ4v) is 3.46. The zero-order chi connectivity index (χ0) is 27.4. The van der Waals surface area contributed by atoms with Crippen molar-refractivity contribution in [2.45, 2.75) is 43.8 Å². The summed E-state index contributed by atoms with van der Waals surface area (Å²) in [6.07, 6.45) is -0.845. The molecule has 37 heavy (non-hydrogen) atoms. The molecule has 0 saturated heterocycles. The van der Waals surface area contributed by atoms with Crippen molar-refractivity contribution in [3.63, 3.8) is 0 Å². The second-order valence-electron chi connectivity index (χ2n) is 8.28. The van der Waals surface area contributed by atoms with E-state index in [0.717, 1.165) is 0 Å². The lowest BCUT2D eigenvalue weighted by atomic mass is 10.0. The van der Waals surface area contributed by atoms with Crippen LogP contribution in [0.3, 0.4) is 0 Å². The van der Waals surface area contributed by atoms with E-state index in [2.05, 4.69) is 16.0 Å². The van der Waals surface area contributed by atoms with Crippen LogP contribution in [-0.4, -0.2) is 69.7 Å². The minimum Gasteiger partial charge on any atom is -0.508 e. The maximum atomic E-state index is 13.1. The van der Waals surface area contributed by atoms with Crippen molar-refractivity contribution in [2.24, 2.45) is 5.73 Å². The first-order valence-corrected chi connectivity index (χ1v) is 11.5. The Morgan fingerprint density at radius 2 is 1.27 bits per heavy atom. The third-order valence-electron chi connectivity index (χ3n) is 5.39. The topological polar surface area (TPSA) is 208 Å². The van der Waals surface area contributed by atoms with Crippen LogP contribution < -0.4 is 21.7 Å². The molecule has 0 heterocycles. The monoisotopic (exact) mass is 514 g/mol. The second-order valence-corrected chi connectivity index (χ2v) is 8.28. The predicted octanol–water partition coefficient (Wildman–Crippen LogP) is -0.460. The number of phenolic OH excluding ortho intramolecular Hbond substituents is 1. The van der Waals surface area contributed by atoms with Crippen molar-refractivity contribution in [1.29, 1.82) is 0 Å². The number of nitrogens with two attached hydrogens (primary N) is 1. The number of hydrogen-bond donors (Lipinski definition) is 7. The average molecular weight is 515 g/mol. The number of benzene rings is 2. The summed E-state index contributed by atoms with van der Waals surface area (Å²) in [5, 5.41) is 35.3. The van der Waals surface area contributed by atoms with Gasteiger partial charge in [0.2, 0.25) is 17.7 Å². The number of carbonyl (C=O) groups excluding carboxylic acids is 3. The third kappa shape index (κ3) is 9.98. The van der Waals surface area contributed by atoms with Gasteiger partial charge >= 0.3 is 11.9 Å². The minimum absolute atomic E-state index is 0.0112. The van der Waals surface area contributed by atoms with Crippen LogP contribution in [0.15, 0.2) is 54.6 Å². The molecule has 0 fully saturated rings. The fraction of sp³-hybridized carbons (Fsp3) is 0.320. The van der Waals surface area contributed by atoms with E-state index in [0.29, 0.717) is 11.1 Å². The van der Waals surface area contributed by atoms with Gasteiger partial charge in [0.1, 0.15) is 23.9 Å². The van der Waals surface area contributed by atoms with E-state index in [1.165, 1.54) is 24.3 Å². The first-order valence-electron chi connectivity index (χ1n) is 11.5. The molecule has 2 rings (SSSR count). The average Bonchev–Trinajstić information content (AvgIpc) is 2.87. The van der Waals surface area contributed by atoms with Crippen molar-refractivity contribution in [2.75, 3.05) is 6.54 Å². The molecule has 0 aromatic heterocycles. The standard InChI is InChI=1S/C25H30N4O8/c26-14-21(31)27-19(12-15-4-2-1-3-5-15)24(35)28-18(10-11-22(32)33)23(34)29-20(25(36)37)13-16-6-8-17(30)9-7-16/h1-9,18-20,30H,10-14,26H2,(H,27,31)(H,28,35)(H,29,34)(H,32,33)(H,36,37). The van der Waals surface area contributed by atoms with Gasteiger partial charge in [-0.2, -0.15) is 0 Å². The van der Waals surface area contributed by atoms with Gasteiger partial charge in [0.25, 0.3) is 0 Å². The van der Waals surface area contributed by atoms with Gasteiger partial charge in [-0.1, -0.05) is 42.5 Å². The zero-order valence-electron chi connectivity index (χ0n) is 19.9. The first kappa shape index (κ1) is 28.8. The lowest BCUT2D eigenvalue weighted by Crippen LogP contribution is -2.57. The summed E-state index contributed by atoms with van der Waals surface area (Å²) < 4.78 is 0. The van der Waals surface area contributed by atoms with Crippen molar-refractivity contribution >= 4 is 29.7 Å². The molecule has 2 aromatic carbocycles. The molecule has 0 aliphatic heterocycles. The zero-order valence-corrected chi connectivity index (χ0v) is 19.9. The first-order chi connectivity index (χ1) is 17.6. The highest BCUT2D eigenvalue weighted by Crippen LogP contribution is 2.12. The normalized spacial score (nSPS) is 13.0. The summed E-state index contributed by atoms with van der Waals surface area (Å²) >= 11 is 0. The Balaban J connectivity index is 2.19. The van der Waals surface area contributed by atoms with Gasteiger partial charge in [-0.3, -0.25) is 19.2 Å². The van der Waals surface area contributed by atoms with Crippen molar-refractivity contribution in [1.82, 2.24) is 16.0 Å². The smallest absolute Gasteiger partial charge is 0.326 e. The highest BCUT2D eigenvalue weighted by Gasteiger charge is 2.30. The lowest BCUT2D eigenvalue weighted by Gasteiger charge is -2.24. The highest BCUT2D eigenvalue weighted by atomic mass is 16.4. The Kier molecular flexibility index (Phi) is 11.0. The summed E-state index contributed by atoms with van der Waals surface area (Å²) in [5.41, 5.74) is 6.59. The van der Waals surface area contributed by atoms with Gasteiger partial charge in [-0.15, -0.1) is 0 Å². The summed E-state index contributed by atoms with van der Waals surface area (Å²) in [6.45, 7) is -0.376. The number of nitrogens with one attached hydrogen (secondary N) is 3. The van der Waals surface area contributed by atoms with Crippen LogP contribution in [0.4, 0.5) is 0 Å². The number of amides is 3.